The van der Waals surface area contributed by atoms with Crippen molar-refractivity contribution in [2.75, 3.05) is 6.54 Å². The van der Waals surface area contributed by atoms with Crippen LogP contribution in [0.25, 0.3) is 0 Å². The normalized spacial score (nSPS) is 9.12. The Hall–Kier alpha value is -1.82. The first-order valence-corrected chi connectivity index (χ1v) is 5.24. The van der Waals surface area contributed by atoms with Crippen molar-refractivity contribution in [3.63, 3.8) is 0 Å². The van der Waals surface area contributed by atoms with Crippen LogP contribution in [0.5, 0.6) is 0 Å². The van der Waals surface area contributed by atoms with Crippen molar-refractivity contribution in [2.24, 2.45) is 0 Å². The quantitative estimate of drug-likeness (QED) is 0.775. The van der Waals surface area contributed by atoms with Gasteiger partial charge >= 0.3 is 0 Å². The number of carbonyl (C=O) groups is 1. The average Bonchev–Trinajstić information content (AvgIpc) is 2.27. The van der Waals surface area contributed by atoms with Crippen LogP contribution in [0.3, 0.4) is 0 Å². The smallest absolute Gasteiger partial charge is 0.220 e. The number of rotatable bonds is 3. The van der Waals surface area contributed by atoms with E-state index < -0.39 is 0 Å². The summed E-state index contributed by atoms with van der Waals surface area (Å²) in [5.41, 5.74) is 0.354. The van der Waals surface area contributed by atoms with E-state index in [1.54, 1.807) is 18.2 Å². The first-order valence-electron chi connectivity index (χ1n) is 5.24. The summed E-state index contributed by atoms with van der Waals surface area (Å²) in [4.78, 5) is 11.1. The molecule has 0 fully saturated rings. The number of carbonyl (C=O) groups excluding carboxylic acids is 1. The highest BCUT2D eigenvalue weighted by atomic mass is 19.1. The van der Waals surface area contributed by atoms with Crippen LogP contribution in [0, 0.1) is 17.7 Å². The fourth-order valence-electron chi connectivity index (χ4n) is 1.16. The number of halogens is 1. The highest BCUT2D eigenvalue weighted by Gasteiger charge is 1.96. The zero-order chi connectivity index (χ0) is 11.8. The van der Waals surface area contributed by atoms with Crippen molar-refractivity contribution in [1.82, 2.24) is 5.32 Å². The van der Waals surface area contributed by atoms with Crippen molar-refractivity contribution < 1.29 is 9.18 Å². The van der Waals surface area contributed by atoms with E-state index in [1.165, 1.54) is 6.07 Å². The van der Waals surface area contributed by atoms with Crippen molar-refractivity contribution in [3.05, 3.63) is 35.6 Å². The van der Waals surface area contributed by atoms with Crippen LogP contribution in [0.15, 0.2) is 24.3 Å². The standard InChI is InChI=1S/C13H14FNO/c1-2-6-13(16)15-10-5-8-11-7-3-4-9-12(11)14/h3-4,7,9H,2,6,10H2,1H3,(H,15,16). The zero-order valence-corrected chi connectivity index (χ0v) is 9.22. The zero-order valence-electron chi connectivity index (χ0n) is 9.22. The minimum atomic E-state index is -0.338. The summed E-state index contributed by atoms with van der Waals surface area (Å²) < 4.78 is 13.1. The molecule has 1 aromatic rings. The molecule has 0 atom stereocenters. The lowest BCUT2D eigenvalue weighted by Gasteiger charge is -1.97. The van der Waals surface area contributed by atoms with E-state index in [9.17, 15) is 9.18 Å². The molecule has 1 aromatic carbocycles. The van der Waals surface area contributed by atoms with E-state index in [1.807, 2.05) is 6.92 Å². The van der Waals surface area contributed by atoms with Crippen LogP contribution >= 0.6 is 0 Å². The predicted molar refractivity (Wildman–Crippen MR) is 61.2 cm³/mol. The Labute approximate surface area is 94.9 Å². The molecule has 0 spiro atoms. The van der Waals surface area contributed by atoms with E-state index in [-0.39, 0.29) is 18.3 Å². The molecule has 1 amide bonds. The van der Waals surface area contributed by atoms with Gasteiger partial charge in [-0.25, -0.2) is 4.39 Å². The SMILES string of the molecule is CCCC(=O)NCC#Cc1ccccc1F. The summed E-state index contributed by atoms with van der Waals surface area (Å²) in [7, 11) is 0. The molecule has 0 aliphatic carbocycles. The maximum absolute atomic E-state index is 13.1. The Balaban J connectivity index is 2.44. The van der Waals surface area contributed by atoms with Crippen LogP contribution in [0.1, 0.15) is 25.3 Å². The van der Waals surface area contributed by atoms with E-state index in [4.69, 9.17) is 0 Å². The van der Waals surface area contributed by atoms with Gasteiger partial charge in [-0.3, -0.25) is 4.79 Å². The Bertz CT molecular complexity index is 417. The molecule has 0 saturated heterocycles. The lowest BCUT2D eigenvalue weighted by molar-refractivity contribution is -0.120. The molecule has 0 aliphatic rings. The van der Waals surface area contributed by atoms with Gasteiger partial charge in [0.15, 0.2) is 0 Å². The van der Waals surface area contributed by atoms with Crippen molar-refractivity contribution >= 4 is 5.91 Å². The van der Waals surface area contributed by atoms with Gasteiger partial charge in [0.05, 0.1) is 12.1 Å². The summed E-state index contributed by atoms with van der Waals surface area (Å²) >= 11 is 0. The van der Waals surface area contributed by atoms with E-state index in [0.717, 1.165) is 6.42 Å². The molecular weight excluding hydrogens is 205 g/mol. The van der Waals surface area contributed by atoms with E-state index in [2.05, 4.69) is 17.2 Å². The molecule has 0 aromatic heterocycles. The molecule has 0 aliphatic heterocycles. The maximum Gasteiger partial charge on any atom is 0.220 e. The minimum absolute atomic E-state index is 0.0228. The number of benzene rings is 1. The van der Waals surface area contributed by atoms with Gasteiger partial charge in [0.2, 0.25) is 5.91 Å². The number of amides is 1. The topological polar surface area (TPSA) is 29.1 Å². The molecule has 1 rings (SSSR count). The van der Waals surface area contributed by atoms with Crippen LogP contribution in [-0.2, 0) is 4.79 Å². The highest BCUT2D eigenvalue weighted by molar-refractivity contribution is 5.76. The third-order valence-corrected chi connectivity index (χ3v) is 1.95. The van der Waals surface area contributed by atoms with Crippen LogP contribution in [0.4, 0.5) is 4.39 Å². The molecule has 0 radical (unpaired) electrons. The molecule has 0 unspecified atom stereocenters. The lowest BCUT2D eigenvalue weighted by Crippen LogP contribution is -2.22. The Morgan fingerprint density at radius 2 is 2.19 bits per heavy atom. The monoisotopic (exact) mass is 219 g/mol. The van der Waals surface area contributed by atoms with Crippen molar-refractivity contribution in [3.8, 4) is 11.8 Å². The first kappa shape index (κ1) is 12.3. The second kappa shape index (κ2) is 6.62. The molecule has 16 heavy (non-hydrogen) atoms. The van der Waals surface area contributed by atoms with Gasteiger partial charge in [-0.15, -0.1) is 0 Å². The highest BCUT2D eigenvalue weighted by Crippen LogP contribution is 2.03. The van der Waals surface area contributed by atoms with E-state index >= 15 is 0 Å². The number of hydrogen-bond donors (Lipinski definition) is 1. The predicted octanol–water partition coefficient (Wildman–Crippen LogP) is 2.09. The summed E-state index contributed by atoms with van der Waals surface area (Å²) in [6.45, 7) is 2.19. The molecule has 0 bridgehead atoms. The largest absolute Gasteiger partial charge is 0.345 e. The van der Waals surface area contributed by atoms with Gasteiger partial charge in [-0.05, 0) is 18.6 Å². The summed E-state index contributed by atoms with van der Waals surface area (Å²) in [6.07, 6.45) is 1.31. The second-order valence-corrected chi connectivity index (χ2v) is 3.31. The van der Waals surface area contributed by atoms with Crippen LogP contribution in [0.2, 0.25) is 0 Å². The number of nitrogens with one attached hydrogen (secondary N) is 1. The summed E-state index contributed by atoms with van der Waals surface area (Å²) in [5, 5.41) is 2.64. The van der Waals surface area contributed by atoms with Gasteiger partial charge in [0, 0.05) is 6.42 Å². The van der Waals surface area contributed by atoms with Gasteiger partial charge in [0.1, 0.15) is 5.82 Å². The van der Waals surface area contributed by atoms with Crippen LogP contribution < -0.4 is 5.32 Å². The Kier molecular flexibility index (Phi) is 5.07. The lowest BCUT2D eigenvalue weighted by atomic mass is 10.2. The molecule has 2 nitrogen and oxygen atoms in total. The molecule has 84 valence electrons. The molecule has 0 saturated carbocycles. The maximum atomic E-state index is 13.1. The molecule has 3 heteroatoms. The fraction of sp³-hybridized carbons (Fsp3) is 0.308. The van der Waals surface area contributed by atoms with Gasteiger partial charge < -0.3 is 5.32 Å². The van der Waals surface area contributed by atoms with Crippen molar-refractivity contribution in [1.29, 1.82) is 0 Å². The average molecular weight is 219 g/mol. The molecule has 0 heterocycles. The number of hydrogen-bond acceptors (Lipinski definition) is 1. The Morgan fingerprint density at radius 1 is 1.44 bits per heavy atom. The van der Waals surface area contributed by atoms with Gasteiger partial charge in [-0.2, -0.15) is 0 Å². The Morgan fingerprint density at radius 3 is 2.88 bits per heavy atom. The van der Waals surface area contributed by atoms with E-state index in [0.29, 0.717) is 12.0 Å². The minimum Gasteiger partial charge on any atom is -0.345 e. The molecular formula is C13H14FNO. The van der Waals surface area contributed by atoms with Gasteiger partial charge in [-0.1, -0.05) is 30.9 Å². The van der Waals surface area contributed by atoms with Crippen molar-refractivity contribution in [2.45, 2.75) is 19.8 Å². The molecule has 1 N–H and O–H groups in total. The first-order chi connectivity index (χ1) is 7.74. The third kappa shape index (κ3) is 4.14. The fourth-order valence-corrected chi connectivity index (χ4v) is 1.16. The summed E-state index contributed by atoms with van der Waals surface area (Å²) in [6, 6.07) is 6.31. The summed E-state index contributed by atoms with van der Waals surface area (Å²) in [5.74, 6) is 5.02. The van der Waals surface area contributed by atoms with Gasteiger partial charge in [0.25, 0.3) is 0 Å². The second-order valence-electron chi connectivity index (χ2n) is 3.31. The third-order valence-electron chi connectivity index (χ3n) is 1.95. The van der Waals surface area contributed by atoms with Crippen LogP contribution in [-0.4, -0.2) is 12.5 Å².